The van der Waals surface area contributed by atoms with Gasteiger partial charge in [-0.3, -0.25) is 9.79 Å². The number of hydrogen-bond acceptors (Lipinski definition) is 5. The molecular formula is C8H18N4O3S. The van der Waals surface area contributed by atoms with Gasteiger partial charge >= 0.3 is 5.97 Å². The van der Waals surface area contributed by atoms with E-state index in [1.54, 1.807) is 0 Å². The number of aliphatic imine (C=N–C) groups is 1. The number of methoxy groups -OCH3 is 1. The van der Waals surface area contributed by atoms with Crippen LogP contribution in [0.3, 0.4) is 0 Å². The van der Waals surface area contributed by atoms with Crippen LogP contribution in [0.15, 0.2) is 4.99 Å². The van der Waals surface area contributed by atoms with Crippen molar-refractivity contribution in [3.05, 3.63) is 0 Å². The van der Waals surface area contributed by atoms with E-state index >= 15 is 0 Å². The Balaban J connectivity index is 3.95. The minimum Gasteiger partial charge on any atom is -0.480 e. The number of ether oxygens (including phenoxy) is 1. The lowest BCUT2D eigenvalue weighted by Gasteiger charge is -2.22. The fourth-order valence-corrected chi connectivity index (χ4v) is 1.85. The topological polar surface area (TPSA) is 137 Å². The summed E-state index contributed by atoms with van der Waals surface area (Å²) in [5.41, 5.74) is 14.6. The van der Waals surface area contributed by atoms with Gasteiger partial charge in [-0.15, -0.1) is 0 Å². The molecule has 0 spiro atoms. The second-order valence-electron chi connectivity index (χ2n) is 3.25. The summed E-state index contributed by atoms with van der Waals surface area (Å²) in [6, 6.07) is 0. The molecule has 7 nitrogen and oxygen atoms in total. The van der Waals surface area contributed by atoms with Crippen molar-refractivity contribution in [2.75, 3.05) is 31.8 Å². The van der Waals surface area contributed by atoms with Gasteiger partial charge in [0.1, 0.15) is 5.54 Å². The van der Waals surface area contributed by atoms with E-state index in [9.17, 15) is 4.79 Å². The zero-order valence-corrected chi connectivity index (χ0v) is 10.00. The van der Waals surface area contributed by atoms with E-state index < -0.39 is 11.5 Å². The molecule has 0 fully saturated rings. The van der Waals surface area contributed by atoms with E-state index in [1.165, 1.54) is 18.9 Å². The molecule has 94 valence electrons. The SMILES string of the molecule is COC[C@](N)(CSCCN=C(N)N)C(=O)O. The van der Waals surface area contributed by atoms with E-state index in [2.05, 4.69) is 4.99 Å². The monoisotopic (exact) mass is 250 g/mol. The number of carboxylic acid groups (broad SMARTS) is 1. The van der Waals surface area contributed by atoms with Crippen molar-refractivity contribution >= 4 is 23.7 Å². The Morgan fingerprint density at radius 1 is 1.56 bits per heavy atom. The minimum absolute atomic E-state index is 0.0229. The van der Waals surface area contributed by atoms with Gasteiger partial charge in [-0.05, 0) is 0 Å². The molecule has 0 saturated carbocycles. The maximum Gasteiger partial charge on any atom is 0.326 e. The number of carboxylic acids is 1. The number of carbonyl (C=O) groups is 1. The quantitative estimate of drug-likeness (QED) is 0.232. The molecule has 0 bridgehead atoms. The molecule has 0 heterocycles. The second kappa shape index (κ2) is 7.31. The van der Waals surface area contributed by atoms with Crippen molar-refractivity contribution < 1.29 is 14.6 Å². The Kier molecular flexibility index (Phi) is 6.86. The molecule has 0 aliphatic rings. The van der Waals surface area contributed by atoms with Crippen LogP contribution in [0.1, 0.15) is 0 Å². The average Bonchev–Trinajstić information content (AvgIpc) is 2.17. The van der Waals surface area contributed by atoms with Crippen LogP contribution in [0.25, 0.3) is 0 Å². The standard InChI is InChI=1S/C8H18N4O3S/c1-15-4-8(11,6(13)14)5-16-3-2-12-7(9)10/h2-5,11H2,1H3,(H,13,14)(H4,9,10,12)/t8-/m0/s1. The third-order valence-electron chi connectivity index (χ3n) is 1.72. The first kappa shape index (κ1) is 15.0. The third-order valence-corrected chi connectivity index (χ3v) is 2.91. The van der Waals surface area contributed by atoms with Gasteiger partial charge in [-0.25, -0.2) is 0 Å². The van der Waals surface area contributed by atoms with Gasteiger partial charge in [-0.2, -0.15) is 11.8 Å². The molecule has 0 radical (unpaired) electrons. The fourth-order valence-electron chi connectivity index (χ4n) is 0.916. The van der Waals surface area contributed by atoms with Crippen LogP contribution in [-0.2, 0) is 9.53 Å². The normalized spacial score (nSPS) is 14.1. The number of thioether (sulfide) groups is 1. The number of nitrogens with two attached hydrogens (primary N) is 3. The first-order valence-corrected chi connectivity index (χ1v) is 5.72. The Morgan fingerprint density at radius 2 is 2.19 bits per heavy atom. The molecular weight excluding hydrogens is 232 g/mol. The van der Waals surface area contributed by atoms with Crippen molar-refractivity contribution in [2.45, 2.75) is 5.54 Å². The molecule has 7 N–H and O–H groups in total. The van der Waals surface area contributed by atoms with Gasteiger partial charge in [0.2, 0.25) is 0 Å². The van der Waals surface area contributed by atoms with Crippen molar-refractivity contribution in [3.63, 3.8) is 0 Å². The van der Waals surface area contributed by atoms with Gasteiger partial charge in [0, 0.05) is 18.6 Å². The van der Waals surface area contributed by atoms with Gasteiger partial charge < -0.3 is 27.0 Å². The number of nitrogens with zero attached hydrogens (tertiary/aromatic N) is 1. The van der Waals surface area contributed by atoms with E-state index in [0.29, 0.717) is 12.3 Å². The van der Waals surface area contributed by atoms with Gasteiger partial charge in [0.05, 0.1) is 13.2 Å². The molecule has 0 amide bonds. The molecule has 0 aromatic carbocycles. The summed E-state index contributed by atoms with van der Waals surface area (Å²) in [6.45, 7) is 0.410. The Bertz CT molecular complexity index is 258. The molecule has 8 heteroatoms. The molecule has 0 aromatic rings. The second-order valence-corrected chi connectivity index (χ2v) is 4.36. The summed E-state index contributed by atoms with van der Waals surface area (Å²) in [6.07, 6.45) is 0. The lowest BCUT2D eigenvalue weighted by Crippen LogP contribution is -2.54. The van der Waals surface area contributed by atoms with Crippen LogP contribution in [0.4, 0.5) is 0 Å². The molecule has 0 aliphatic heterocycles. The largest absolute Gasteiger partial charge is 0.480 e. The zero-order chi connectivity index (χ0) is 12.6. The molecule has 0 saturated heterocycles. The number of rotatable bonds is 8. The number of guanidine groups is 1. The van der Waals surface area contributed by atoms with Gasteiger partial charge in [0.25, 0.3) is 0 Å². The van der Waals surface area contributed by atoms with E-state index in [-0.39, 0.29) is 18.3 Å². The van der Waals surface area contributed by atoms with E-state index in [0.717, 1.165) is 0 Å². The molecule has 0 aliphatic carbocycles. The smallest absolute Gasteiger partial charge is 0.326 e. The summed E-state index contributed by atoms with van der Waals surface area (Å²) >= 11 is 1.37. The van der Waals surface area contributed by atoms with Crippen molar-refractivity contribution in [1.29, 1.82) is 0 Å². The molecule has 0 rings (SSSR count). The van der Waals surface area contributed by atoms with Crippen molar-refractivity contribution in [1.82, 2.24) is 0 Å². The molecule has 0 aromatic heterocycles. The molecule has 0 unspecified atom stereocenters. The summed E-state index contributed by atoms with van der Waals surface area (Å²) in [5, 5.41) is 8.92. The Hall–Kier alpha value is -0.990. The highest BCUT2D eigenvalue weighted by molar-refractivity contribution is 7.99. The van der Waals surface area contributed by atoms with E-state index in [4.69, 9.17) is 27.0 Å². The van der Waals surface area contributed by atoms with Crippen LogP contribution in [0.5, 0.6) is 0 Å². The maximum atomic E-state index is 10.9. The van der Waals surface area contributed by atoms with Gasteiger partial charge in [0.15, 0.2) is 5.96 Å². The lowest BCUT2D eigenvalue weighted by atomic mass is 10.1. The number of hydrogen-bond donors (Lipinski definition) is 4. The zero-order valence-electron chi connectivity index (χ0n) is 9.18. The van der Waals surface area contributed by atoms with Gasteiger partial charge in [-0.1, -0.05) is 0 Å². The highest BCUT2D eigenvalue weighted by Crippen LogP contribution is 2.12. The highest BCUT2D eigenvalue weighted by atomic mass is 32.2. The first-order chi connectivity index (χ1) is 7.42. The number of aliphatic carboxylic acids is 1. The summed E-state index contributed by atoms with van der Waals surface area (Å²) in [5.74, 6) is -0.206. The highest BCUT2D eigenvalue weighted by Gasteiger charge is 2.33. The van der Waals surface area contributed by atoms with Crippen LogP contribution in [0.2, 0.25) is 0 Å². The molecule has 16 heavy (non-hydrogen) atoms. The third kappa shape index (κ3) is 5.79. The average molecular weight is 250 g/mol. The van der Waals surface area contributed by atoms with Crippen LogP contribution >= 0.6 is 11.8 Å². The lowest BCUT2D eigenvalue weighted by molar-refractivity contribution is -0.144. The van der Waals surface area contributed by atoms with Crippen molar-refractivity contribution in [2.24, 2.45) is 22.2 Å². The summed E-state index contributed by atoms with van der Waals surface area (Å²) in [7, 11) is 1.41. The molecule has 1 atom stereocenters. The van der Waals surface area contributed by atoms with Crippen molar-refractivity contribution in [3.8, 4) is 0 Å². The predicted octanol–water partition coefficient (Wildman–Crippen LogP) is -1.58. The Labute approximate surface area is 98.4 Å². The van der Waals surface area contributed by atoms with Crippen LogP contribution in [0, 0.1) is 0 Å². The summed E-state index contributed by atoms with van der Waals surface area (Å²) < 4.78 is 4.78. The van der Waals surface area contributed by atoms with Crippen LogP contribution in [-0.4, -0.2) is 54.3 Å². The Morgan fingerprint density at radius 3 is 2.62 bits per heavy atom. The maximum absolute atomic E-state index is 10.9. The summed E-state index contributed by atoms with van der Waals surface area (Å²) in [4.78, 5) is 14.7. The minimum atomic E-state index is -1.36. The van der Waals surface area contributed by atoms with Crippen LogP contribution < -0.4 is 17.2 Å². The van der Waals surface area contributed by atoms with E-state index in [1.807, 2.05) is 0 Å². The first-order valence-electron chi connectivity index (χ1n) is 4.56. The fraction of sp³-hybridized carbons (Fsp3) is 0.750. The predicted molar refractivity (Wildman–Crippen MR) is 64.4 cm³/mol.